The van der Waals surface area contributed by atoms with Crippen LogP contribution in [0, 0.1) is 0 Å². The lowest BCUT2D eigenvalue weighted by Crippen LogP contribution is -2.39. The summed E-state index contributed by atoms with van der Waals surface area (Å²) in [6.45, 7) is 3.22. The molecule has 0 amide bonds. The van der Waals surface area contributed by atoms with Gasteiger partial charge in [0.2, 0.25) is 5.78 Å². The number of halogens is 2. The highest BCUT2D eigenvalue weighted by Crippen LogP contribution is 2.24. The van der Waals surface area contributed by atoms with Crippen molar-refractivity contribution in [3.05, 3.63) is 29.8 Å². The van der Waals surface area contributed by atoms with Crippen molar-refractivity contribution in [3.63, 3.8) is 0 Å². The molecule has 0 aliphatic rings. The Morgan fingerprint density at radius 3 is 2.47 bits per heavy atom. The van der Waals surface area contributed by atoms with Crippen molar-refractivity contribution in [2.75, 3.05) is 13.2 Å². The number of Topliss-reactive ketones (excluding diaryl/α,β-unsaturated/α-hetero) is 1. The number of carbonyl (C=O) groups excluding carboxylic acids is 2. The average molecular weight is 272 g/mol. The van der Waals surface area contributed by atoms with Crippen molar-refractivity contribution in [1.29, 1.82) is 0 Å². The van der Waals surface area contributed by atoms with Gasteiger partial charge in [-0.3, -0.25) is 4.79 Å². The first kappa shape index (κ1) is 15.1. The minimum Gasteiger partial charge on any atom is -0.494 e. The van der Waals surface area contributed by atoms with Crippen molar-refractivity contribution in [2.24, 2.45) is 0 Å². The van der Waals surface area contributed by atoms with Crippen molar-refractivity contribution < 1.29 is 27.8 Å². The van der Waals surface area contributed by atoms with E-state index in [2.05, 4.69) is 4.74 Å². The summed E-state index contributed by atoms with van der Waals surface area (Å²) in [7, 11) is 0. The molecular weight excluding hydrogens is 258 g/mol. The molecule has 0 unspecified atom stereocenters. The predicted octanol–water partition coefficient (Wildman–Crippen LogP) is 2.47. The molecule has 0 spiro atoms. The molecule has 0 fully saturated rings. The van der Waals surface area contributed by atoms with E-state index in [0.29, 0.717) is 6.61 Å². The van der Waals surface area contributed by atoms with E-state index in [1.165, 1.54) is 31.2 Å². The third-order valence-corrected chi connectivity index (χ3v) is 2.22. The Kier molecular flexibility index (Phi) is 4.97. The smallest absolute Gasteiger partial charge is 0.404 e. The summed E-state index contributed by atoms with van der Waals surface area (Å²) in [5, 5.41) is 0. The average Bonchev–Trinajstić information content (AvgIpc) is 2.38. The number of ether oxygens (including phenoxy) is 2. The standard InChI is InChI=1S/C13H14F2O4/c1-3-18-10-7-5-6-9(8-10)11(16)13(14,15)12(17)19-4-2/h5-8H,3-4H2,1-2H3. The Morgan fingerprint density at radius 1 is 1.21 bits per heavy atom. The monoisotopic (exact) mass is 272 g/mol. The van der Waals surface area contributed by atoms with Crippen LogP contribution < -0.4 is 4.74 Å². The quantitative estimate of drug-likeness (QED) is 0.453. The highest BCUT2D eigenvalue weighted by atomic mass is 19.3. The van der Waals surface area contributed by atoms with Crippen molar-refractivity contribution in [3.8, 4) is 5.75 Å². The molecule has 6 heteroatoms. The second-order valence-electron chi connectivity index (χ2n) is 3.58. The highest BCUT2D eigenvalue weighted by Gasteiger charge is 2.49. The second kappa shape index (κ2) is 6.26. The van der Waals surface area contributed by atoms with Crippen LogP contribution in [-0.4, -0.2) is 30.9 Å². The molecule has 104 valence electrons. The van der Waals surface area contributed by atoms with Gasteiger partial charge in [-0.1, -0.05) is 12.1 Å². The molecule has 0 N–H and O–H groups in total. The molecule has 1 aromatic carbocycles. The lowest BCUT2D eigenvalue weighted by Gasteiger charge is -2.13. The number of hydrogen-bond donors (Lipinski definition) is 0. The Balaban J connectivity index is 2.98. The SMILES string of the molecule is CCOC(=O)C(F)(F)C(=O)c1cccc(OCC)c1. The Morgan fingerprint density at radius 2 is 1.89 bits per heavy atom. The van der Waals surface area contributed by atoms with E-state index in [-0.39, 0.29) is 17.9 Å². The van der Waals surface area contributed by atoms with Gasteiger partial charge in [0.25, 0.3) is 0 Å². The summed E-state index contributed by atoms with van der Waals surface area (Å²) in [5.41, 5.74) is -0.302. The van der Waals surface area contributed by atoms with Crippen LogP contribution in [0.15, 0.2) is 24.3 Å². The van der Waals surface area contributed by atoms with Crippen molar-refractivity contribution in [2.45, 2.75) is 19.8 Å². The van der Waals surface area contributed by atoms with Crippen LogP contribution in [0.4, 0.5) is 8.78 Å². The van der Waals surface area contributed by atoms with Gasteiger partial charge in [-0.25, -0.2) is 4.79 Å². The molecule has 0 saturated heterocycles. The zero-order valence-electron chi connectivity index (χ0n) is 10.6. The number of esters is 1. The van der Waals surface area contributed by atoms with Crippen LogP contribution in [0.25, 0.3) is 0 Å². The molecule has 0 heterocycles. The van der Waals surface area contributed by atoms with E-state index in [9.17, 15) is 18.4 Å². The first-order chi connectivity index (χ1) is 8.93. The molecule has 0 atom stereocenters. The lowest BCUT2D eigenvalue weighted by molar-refractivity contribution is -0.164. The third-order valence-electron chi connectivity index (χ3n) is 2.22. The van der Waals surface area contributed by atoms with Crippen LogP contribution in [0.1, 0.15) is 24.2 Å². The molecular formula is C13H14F2O4. The minimum atomic E-state index is -4.19. The zero-order chi connectivity index (χ0) is 14.5. The van der Waals surface area contributed by atoms with Gasteiger partial charge in [-0.2, -0.15) is 8.78 Å². The molecule has 0 aliphatic carbocycles. The summed E-state index contributed by atoms with van der Waals surface area (Å²) >= 11 is 0. The van der Waals surface area contributed by atoms with Crippen molar-refractivity contribution in [1.82, 2.24) is 0 Å². The van der Waals surface area contributed by atoms with Crippen LogP contribution in [-0.2, 0) is 9.53 Å². The summed E-state index contributed by atoms with van der Waals surface area (Å²) in [4.78, 5) is 22.7. The maximum absolute atomic E-state index is 13.5. The fraction of sp³-hybridized carbons (Fsp3) is 0.385. The zero-order valence-corrected chi connectivity index (χ0v) is 10.6. The van der Waals surface area contributed by atoms with E-state index >= 15 is 0 Å². The van der Waals surface area contributed by atoms with Crippen molar-refractivity contribution >= 4 is 11.8 Å². The minimum absolute atomic E-state index is 0.222. The van der Waals surface area contributed by atoms with E-state index in [1.54, 1.807) is 6.92 Å². The first-order valence-electron chi connectivity index (χ1n) is 5.76. The van der Waals surface area contributed by atoms with Gasteiger partial charge in [-0.15, -0.1) is 0 Å². The van der Waals surface area contributed by atoms with Gasteiger partial charge in [-0.05, 0) is 26.0 Å². The van der Waals surface area contributed by atoms with E-state index < -0.39 is 17.7 Å². The van der Waals surface area contributed by atoms with Crippen LogP contribution in [0.5, 0.6) is 5.75 Å². The topological polar surface area (TPSA) is 52.6 Å². The Hall–Kier alpha value is -1.98. The van der Waals surface area contributed by atoms with Gasteiger partial charge >= 0.3 is 11.9 Å². The largest absolute Gasteiger partial charge is 0.494 e. The maximum atomic E-state index is 13.5. The normalized spacial score (nSPS) is 10.9. The Labute approximate surface area is 109 Å². The number of carbonyl (C=O) groups is 2. The number of ketones is 1. The predicted molar refractivity (Wildman–Crippen MR) is 63.5 cm³/mol. The lowest BCUT2D eigenvalue weighted by atomic mass is 10.1. The highest BCUT2D eigenvalue weighted by molar-refractivity contribution is 6.13. The van der Waals surface area contributed by atoms with Crippen LogP contribution >= 0.6 is 0 Å². The Bertz CT molecular complexity index is 471. The van der Waals surface area contributed by atoms with Gasteiger partial charge in [0, 0.05) is 5.56 Å². The summed E-state index contributed by atoms with van der Waals surface area (Å²) in [5.74, 6) is -7.36. The summed E-state index contributed by atoms with van der Waals surface area (Å²) in [6, 6.07) is 5.29. The molecule has 0 bridgehead atoms. The fourth-order valence-corrected chi connectivity index (χ4v) is 1.39. The van der Waals surface area contributed by atoms with E-state index in [1.807, 2.05) is 0 Å². The van der Waals surface area contributed by atoms with Gasteiger partial charge in [0.15, 0.2) is 0 Å². The van der Waals surface area contributed by atoms with E-state index in [0.717, 1.165) is 0 Å². The number of benzene rings is 1. The maximum Gasteiger partial charge on any atom is 0.404 e. The first-order valence-corrected chi connectivity index (χ1v) is 5.76. The summed E-state index contributed by atoms with van der Waals surface area (Å²) in [6.07, 6.45) is 0. The number of hydrogen-bond acceptors (Lipinski definition) is 4. The third kappa shape index (κ3) is 3.49. The van der Waals surface area contributed by atoms with Crippen LogP contribution in [0.2, 0.25) is 0 Å². The van der Waals surface area contributed by atoms with Gasteiger partial charge < -0.3 is 9.47 Å². The molecule has 0 aromatic heterocycles. The van der Waals surface area contributed by atoms with E-state index in [4.69, 9.17) is 4.74 Å². The van der Waals surface area contributed by atoms with Crippen LogP contribution in [0.3, 0.4) is 0 Å². The molecule has 1 aromatic rings. The van der Waals surface area contributed by atoms with Gasteiger partial charge in [0.1, 0.15) is 5.75 Å². The fourth-order valence-electron chi connectivity index (χ4n) is 1.39. The second-order valence-corrected chi connectivity index (χ2v) is 3.58. The molecule has 0 radical (unpaired) electrons. The molecule has 1 rings (SSSR count). The number of alkyl halides is 2. The molecule has 4 nitrogen and oxygen atoms in total. The molecule has 19 heavy (non-hydrogen) atoms. The number of rotatable bonds is 6. The van der Waals surface area contributed by atoms with Gasteiger partial charge in [0.05, 0.1) is 13.2 Å². The molecule has 0 saturated carbocycles. The summed E-state index contributed by atoms with van der Waals surface area (Å²) < 4.78 is 36.4. The molecule has 0 aliphatic heterocycles.